The van der Waals surface area contributed by atoms with E-state index in [1.165, 1.54) is 0 Å². The smallest absolute Gasteiger partial charge is 0.270 e. The molecule has 1 fully saturated rings. The van der Waals surface area contributed by atoms with Crippen molar-refractivity contribution in [2.75, 3.05) is 20.1 Å². The molecule has 1 saturated heterocycles. The number of aromatic nitrogens is 2. The first kappa shape index (κ1) is 15.9. The number of piperidine rings is 1. The number of nitrogens with one attached hydrogen (secondary N) is 1. The molecule has 3 rings (SSSR count). The minimum absolute atomic E-state index is 0.142. The SMILES string of the molecule is CN1CCC(NC(=O)c2ccnc(-c3ccc(Cl)cc3)n2)CC1. The Kier molecular flexibility index (Phi) is 4.88. The van der Waals surface area contributed by atoms with Gasteiger partial charge in [0.15, 0.2) is 5.82 Å². The second kappa shape index (κ2) is 7.06. The van der Waals surface area contributed by atoms with Gasteiger partial charge >= 0.3 is 0 Å². The van der Waals surface area contributed by atoms with Crippen LogP contribution < -0.4 is 5.32 Å². The maximum Gasteiger partial charge on any atom is 0.270 e. The highest BCUT2D eigenvalue weighted by Crippen LogP contribution is 2.18. The Morgan fingerprint density at radius 3 is 2.61 bits per heavy atom. The summed E-state index contributed by atoms with van der Waals surface area (Å²) in [4.78, 5) is 23.3. The van der Waals surface area contributed by atoms with E-state index in [-0.39, 0.29) is 11.9 Å². The van der Waals surface area contributed by atoms with Gasteiger partial charge in [-0.1, -0.05) is 11.6 Å². The van der Waals surface area contributed by atoms with Gasteiger partial charge < -0.3 is 10.2 Å². The number of amides is 1. The minimum Gasteiger partial charge on any atom is -0.348 e. The average molecular weight is 331 g/mol. The highest BCUT2D eigenvalue weighted by molar-refractivity contribution is 6.30. The highest BCUT2D eigenvalue weighted by Gasteiger charge is 2.20. The molecule has 1 amide bonds. The van der Waals surface area contributed by atoms with Gasteiger partial charge in [-0.05, 0) is 63.3 Å². The third kappa shape index (κ3) is 4.06. The summed E-state index contributed by atoms with van der Waals surface area (Å²) in [7, 11) is 2.10. The maximum atomic E-state index is 12.4. The van der Waals surface area contributed by atoms with Crippen LogP contribution in [0.5, 0.6) is 0 Å². The van der Waals surface area contributed by atoms with Crippen molar-refractivity contribution >= 4 is 17.5 Å². The third-order valence-corrected chi connectivity index (χ3v) is 4.30. The van der Waals surface area contributed by atoms with Crippen LogP contribution in [0.15, 0.2) is 36.5 Å². The zero-order valence-electron chi connectivity index (χ0n) is 13.0. The zero-order chi connectivity index (χ0) is 16.2. The summed E-state index contributed by atoms with van der Waals surface area (Å²) < 4.78 is 0. The molecule has 0 unspecified atom stereocenters. The van der Waals surface area contributed by atoms with Gasteiger partial charge in [0.25, 0.3) is 5.91 Å². The van der Waals surface area contributed by atoms with Crippen LogP contribution in [0.25, 0.3) is 11.4 Å². The molecule has 0 bridgehead atoms. The molecule has 0 atom stereocenters. The van der Waals surface area contributed by atoms with E-state index in [0.29, 0.717) is 16.5 Å². The summed E-state index contributed by atoms with van der Waals surface area (Å²) in [6, 6.07) is 9.11. The monoisotopic (exact) mass is 330 g/mol. The van der Waals surface area contributed by atoms with E-state index in [9.17, 15) is 4.79 Å². The van der Waals surface area contributed by atoms with E-state index in [1.54, 1.807) is 24.4 Å². The summed E-state index contributed by atoms with van der Waals surface area (Å²) in [6.45, 7) is 2.01. The summed E-state index contributed by atoms with van der Waals surface area (Å²) in [5, 5.41) is 3.72. The molecule has 0 saturated carbocycles. The van der Waals surface area contributed by atoms with Crippen molar-refractivity contribution in [3.05, 3.63) is 47.2 Å². The molecular weight excluding hydrogens is 312 g/mol. The summed E-state index contributed by atoms with van der Waals surface area (Å²) >= 11 is 5.89. The Balaban J connectivity index is 1.71. The predicted octanol–water partition coefficient (Wildman–Crippen LogP) is 2.62. The van der Waals surface area contributed by atoms with E-state index in [4.69, 9.17) is 11.6 Å². The van der Waals surface area contributed by atoms with Crippen molar-refractivity contribution in [3.8, 4) is 11.4 Å². The molecule has 1 aromatic carbocycles. The number of benzene rings is 1. The van der Waals surface area contributed by atoms with Crippen molar-refractivity contribution < 1.29 is 4.79 Å². The molecular formula is C17H19ClN4O. The van der Waals surface area contributed by atoms with Gasteiger partial charge in [-0.3, -0.25) is 4.79 Å². The molecule has 23 heavy (non-hydrogen) atoms. The van der Waals surface area contributed by atoms with Crippen LogP contribution in [0.2, 0.25) is 5.02 Å². The van der Waals surface area contributed by atoms with Crippen molar-refractivity contribution in [1.29, 1.82) is 0 Å². The van der Waals surface area contributed by atoms with Crippen LogP contribution in [0.4, 0.5) is 0 Å². The van der Waals surface area contributed by atoms with Gasteiger partial charge in [-0.15, -0.1) is 0 Å². The number of rotatable bonds is 3. The van der Waals surface area contributed by atoms with Gasteiger partial charge in [0.05, 0.1) is 0 Å². The first-order chi connectivity index (χ1) is 11.1. The minimum atomic E-state index is -0.142. The molecule has 1 N–H and O–H groups in total. The Morgan fingerprint density at radius 1 is 1.22 bits per heavy atom. The topological polar surface area (TPSA) is 58.1 Å². The number of hydrogen-bond acceptors (Lipinski definition) is 4. The van der Waals surface area contributed by atoms with Crippen LogP contribution in [-0.2, 0) is 0 Å². The summed E-state index contributed by atoms with van der Waals surface area (Å²) in [6.07, 6.45) is 3.55. The molecule has 120 valence electrons. The normalized spacial score (nSPS) is 16.3. The van der Waals surface area contributed by atoms with E-state index in [2.05, 4.69) is 27.2 Å². The lowest BCUT2D eigenvalue weighted by molar-refractivity contribution is 0.0911. The average Bonchev–Trinajstić information content (AvgIpc) is 2.58. The van der Waals surface area contributed by atoms with Gasteiger partial charge in [0, 0.05) is 22.8 Å². The molecule has 0 spiro atoms. The molecule has 1 aliphatic rings. The number of likely N-dealkylation sites (tertiary alicyclic amines) is 1. The second-order valence-electron chi connectivity index (χ2n) is 5.82. The van der Waals surface area contributed by atoms with Gasteiger partial charge in [0.1, 0.15) is 5.69 Å². The number of carbonyl (C=O) groups is 1. The fourth-order valence-corrected chi connectivity index (χ4v) is 2.76. The molecule has 0 aliphatic carbocycles. The standard InChI is InChI=1S/C17H19ClN4O/c1-22-10-7-14(8-11-22)20-17(23)15-6-9-19-16(21-15)12-2-4-13(18)5-3-12/h2-6,9,14H,7-8,10-11H2,1H3,(H,20,23). The maximum absolute atomic E-state index is 12.4. The lowest BCUT2D eigenvalue weighted by Crippen LogP contribution is -2.43. The lowest BCUT2D eigenvalue weighted by Gasteiger charge is -2.29. The Bertz CT molecular complexity index is 681. The van der Waals surface area contributed by atoms with Crippen LogP contribution >= 0.6 is 11.6 Å². The van der Waals surface area contributed by atoms with E-state index < -0.39 is 0 Å². The first-order valence-corrected chi connectivity index (χ1v) is 8.08. The highest BCUT2D eigenvalue weighted by atomic mass is 35.5. The molecule has 1 aliphatic heterocycles. The molecule has 1 aromatic heterocycles. The summed E-state index contributed by atoms with van der Waals surface area (Å²) in [5.74, 6) is 0.384. The van der Waals surface area contributed by atoms with Gasteiger partial charge in [-0.25, -0.2) is 9.97 Å². The fourth-order valence-electron chi connectivity index (χ4n) is 2.64. The first-order valence-electron chi connectivity index (χ1n) is 7.70. The molecule has 5 nitrogen and oxygen atoms in total. The van der Waals surface area contributed by atoms with Crippen molar-refractivity contribution in [3.63, 3.8) is 0 Å². The number of nitrogens with zero attached hydrogens (tertiary/aromatic N) is 3. The largest absolute Gasteiger partial charge is 0.348 e. The lowest BCUT2D eigenvalue weighted by atomic mass is 10.1. The Hall–Kier alpha value is -1.98. The predicted molar refractivity (Wildman–Crippen MR) is 90.5 cm³/mol. The fraction of sp³-hybridized carbons (Fsp3) is 0.353. The zero-order valence-corrected chi connectivity index (χ0v) is 13.8. The van der Waals surface area contributed by atoms with Crippen molar-refractivity contribution in [2.24, 2.45) is 0 Å². The summed E-state index contributed by atoms with van der Waals surface area (Å²) in [5.41, 5.74) is 1.23. The van der Waals surface area contributed by atoms with Crippen LogP contribution in [0, 0.1) is 0 Å². The van der Waals surface area contributed by atoms with Crippen molar-refractivity contribution in [1.82, 2.24) is 20.2 Å². The number of carbonyl (C=O) groups excluding carboxylic acids is 1. The number of halogens is 1. The van der Waals surface area contributed by atoms with E-state index in [1.807, 2.05) is 12.1 Å². The van der Waals surface area contributed by atoms with Crippen LogP contribution in [-0.4, -0.2) is 47.0 Å². The Morgan fingerprint density at radius 2 is 1.91 bits per heavy atom. The van der Waals surface area contributed by atoms with Crippen LogP contribution in [0.1, 0.15) is 23.3 Å². The molecule has 0 radical (unpaired) electrons. The van der Waals surface area contributed by atoms with E-state index in [0.717, 1.165) is 31.5 Å². The molecule has 2 heterocycles. The number of hydrogen-bond donors (Lipinski definition) is 1. The Labute approximate surface area is 140 Å². The van der Waals surface area contributed by atoms with Crippen LogP contribution in [0.3, 0.4) is 0 Å². The van der Waals surface area contributed by atoms with Crippen molar-refractivity contribution in [2.45, 2.75) is 18.9 Å². The molecule has 2 aromatic rings. The third-order valence-electron chi connectivity index (χ3n) is 4.04. The van der Waals surface area contributed by atoms with Gasteiger partial charge in [-0.2, -0.15) is 0 Å². The van der Waals surface area contributed by atoms with E-state index >= 15 is 0 Å². The quantitative estimate of drug-likeness (QED) is 0.940. The molecule has 6 heteroatoms. The second-order valence-corrected chi connectivity index (χ2v) is 6.26. The van der Waals surface area contributed by atoms with Gasteiger partial charge in [0.2, 0.25) is 0 Å².